The highest BCUT2D eigenvalue weighted by Gasteiger charge is 2.12. The van der Waals surface area contributed by atoms with Gasteiger partial charge in [-0.05, 0) is 36.8 Å². The lowest BCUT2D eigenvalue weighted by Gasteiger charge is -2.07. The molecule has 0 aliphatic carbocycles. The zero-order valence-electron chi connectivity index (χ0n) is 13.6. The number of sulfone groups is 1. The molecule has 6 heteroatoms. The number of carbonyl (C=O) groups excluding carboxylic acids is 2. The largest absolute Gasteiger partial charge is 0.326 e. The molecule has 0 unspecified atom stereocenters. The fourth-order valence-electron chi connectivity index (χ4n) is 2.19. The lowest BCUT2D eigenvalue weighted by Crippen LogP contribution is -2.14. The Bertz CT molecular complexity index is 855. The molecule has 24 heavy (non-hydrogen) atoms. The summed E-state index contributed by atoms with van der Waals surface area (Å²) in [6.07, 6.45) is 0.122. The molecule has 2 aromatic rings. The van der Waals surface area contributed by atoms with Gasteiger partial charge in [0.15, 0.2) is 15.6 Å². The lowest BCUT2D eigenvalue weighted by atomic mass is 10.1. The molecule has 0 aromatic heterocycles. The van der Waals surface area contributed by atoms with Gasteiger partial charge < -0.3 is 5.32 Å². The van der Waals surface area contributed by atoms with Gasteiger partial charge in [0.25, 0.3) is 0 Å². The molecule has 0 fully saturated rings. The van der Waals surface area contributed by atoms with Crippen molar-refractivity contribution in [3.63, 3.8) is 0 Å². The summed E-state index contributed by atoms with van der Waals surface area (Å²) in [6, 6.07) is 13.0. The van der Waals surface area contributed by atoms with E-state index in [4.69, 9.17) is 0 Å². The number of hydrogen-bond acceptors (Lipinski definition) is 4. The Balaban J connectivity index is 2.05. The van der Waals surface area contributed by atoms with Crippen molar-refractivity contribution in [2.24, 2.45) is 0 Å². The van der Waals surface area contributed by atoms with Crippen LogP contribution in [-0.2, 0) is 21.1 Å². The number of hydrogen-bond donors (Lipinski definition) is 1. The molecule has 0 aliphatic heterocycles. The van der Waals surface area contributed by atoms with E-state index >= 15 is 0 Å². The monoisotopic (exact) mass is 345 g/mol. The third kappa shape index (κ3) is 4.52. The minimum absolute atomic E-state index is 0.0410. The molecular formula is C18H19NO4S. The summed E-state index contributed by atoms with van der Waals surface area (Å²) < 4.78 is 23.5. The third-order valence-electron chi connectivity index (χ3n) is 3.58. The molecule has 2 rings (SSSR count). The number of nitrogens with one attached hydrogen (secondary N) is 1. The van der Waals surface area contributed by atoms with E-state index in [0.29, 0.717) is 16.8 Å². The summed E-state index contributed by atoms with van der Waals surface area (Å²) in [6.45, 7) is 3.05. The van der Waals surface area contributed by atoms with Gasteiger partial charge in [0, 0.05) is 11.3 Å². The van der Waals surface area contributed by atoms with Crippen molar-refractivity contribution >= 4 is 27.2 Å². The molecule has 0 bridgehead atoms. The van der Waals surface area contributed by atoms with Crippen molar-refractivity contribution in [3.8, 4) is 0 Å². The molecule has 0 aliphatic rings. The molecule has 2 aromatic carbocycles. The van der Waals surface area contributed by atoms with E-state index in [1.807, 2.05) is 0 Å². The highest BCUT2D eigenvalue weighted by Crippen LogP contribution is 2.14. The summed E-state index contributed by atoms with van der Waals surface area (Å²) in [5.41, 5.74) is 1.80. The van der Waals surface area contributed by atoms with Crippen molar-refractivity contribution in [1.82, 2.24) is 0 Å². The maximum absolute atomic E-state index is 12.1. The van der Waals surface area contributed by atoms with E-state index in [0.717, 1.165) is 0 Å². The molecule has 5 nitrogen and oxygen atoms in total. The van der Waals surface area contributed by atoms with Gasteiger partial charge in [0.1, 0.15) is 0 Å². The van der Waals surface area contributed by atoms with E-state index in [1.54, 1.807) is 43.3 Å². The Morgan fingerprint density at radius 3 is 2.29 bits per heavy atom. The van der Waals surface area contributed by atoms with E-state index in [-0.39, 0.29) is 28.8 Å². The van der Waals surface area contributed by atoms with Crippen molar-refractivity contribution in [1.29, 1.82) is 0 Å². The molecule has 0 saturated heterocycles. The zero-order valence-corrected chi connectivity index (χ0v) is 14.4. The maximum atomic E-state index is 12.1. The molecule has 126 valence electrons. The second-order valence-corrected chi connectivity index (χ2v) is 7.69. The average molecular weight is 345 g/mol. The number of carbonyl (C=O) groups is 2. The fourth-order valence-corrected chi connectivity index (χ4v) is 3.07. The van der Waals surface area contributed by atoms with Crippen molar-refractivity contribution in [2.45, 2.75) is 25.2 Å². The molecule has 0 saturated carbocycles. The highest BCUT2D eigenvalue weighted by molar-refractivity contribution is 7.91. The van der Waals surface area contributed by atoms with Gasteiger partial charge in [-0.3, -0.25) is 9.59 Å². The van der Waals surface area contributed by atoms with Crippen molar-refractivity contribution in [2.75, 3.05) is 11.1 Å². The first-order valence-corrected chi connectivity index (χ1v) is 9.19. The number of Topliss-reactive ketones (excluding diaryl/α,β-unsaturated/α-hetero) is 1. The topological polar surface area (TPSA) is 80.3 Å². The predicted molar refractivity (Wildman–Crippen MR) is 92.9 cm³/mol. The van der Waals surface area contributed by atoms with Gasteiger partial charge in [-0.15, -0.1) is 0 Å². The molecule has 1 N–H and O–H groups in total. The quantitative estimate of drug-likeness (QED) is 0.816. The van der Waals surface area contributed by atoms with Crippen LogP contribution >= 0.6 is 0 Å². The Morgan fingerprint density at radius 1 is 1.04 bits per heavy atom. The number of rotatable bonds is 6. The first-order valence-electron chi connectivity index (χ1n) is 7.54. The molecule has 0 spiro atoms. The van der Waals surface area contributed by atoms with Crippen molar-refractivity contribution in [3.05, 3.63) is 59.7 Å². The third-order valence-corrected chi connectivity index (χ3v) is 5.33. The van der Waals surface area contributed by atoms with Gasteiger partial charge in [-0.1, -0.05) is 31.2 Å². The first kappa shape index (κ1) is 17.9. The smallest absolute Gasteiger partial charge is 0.228 e. The van der Waals surface area contributed by atoms with E-state index in [2.05, 4.69) is 5.32 Å². The van der Waals surface area contributed by atoms with Gasteiger partial charge in [0.05, 0.1) is 17.1 Å². The number of benzene rings is 2. The van der Waals surface area contributed by atoms with Crippen LogP contribution < -0.4 is 5.32 Å². The second-order valence-electron chi connectivity index (χ2n) is 5.41. The summed E-state index contributed by atoms with van der Waals surface area (Å²) in [5.74, 6) is -0.264. The second kappa shape index (κ2) is 7.40. The zero-order chi connectivity index (χ0) is 17.7. The standard InChI is InChI=1S/C18H19NO4S/c1-3-24(22,23)17-9-7-14(8-10-17)11-18(21)19-16-6-4-5-15(12-16)13(2)20/h4-10,12H,3,11H2,1-2H3,(H,19,21). The summed E-state index contributed by atoms with van der Waals surface area (Å²) >= 11 is 0. The van der Waals surface area contributed by atoms with Crippen LogP contribution in [0.25, 0.3) is 0 Å². The van der Waals surface area contributed by atoms with Crippen molar-refractivity contribution < 1.29 is 18.0 Å². The first-order chi connectivity index (χ1) is 11.3. The number of anilines is 1. The fraction of sp³-hybridized carbons (Fsp3) is 0.222. The Hall–Kier alpha value is -2.47. The number of ketones is 1. The lowest BCUT2D eigenvalue weighted by molar-refractivity contribution is -0.115. The van der Waals surface area contributed by atoms with Crippen LogP contribution in [0.3, 0.4) is 0 Å². The highest BCUT2D eigenvalue weighted by atomic mass is 32.2. The van der Waals surface area contributed by atoms with Gasteiger partial charge in [-0.2, -0.15) is 0 Å². The van der Waals surface area contributed by atoms with Crippen LogP contribution in [0.2, 0.25) is 0 Å². The molecule has 0 atom stereocenters. The SMILES string of the molecule is CCS(=O)(=O)c1ccc(CC(=O)Nc2cccc(C(C)=O)c2)cc1. The summed E-state index contributed by atoms with van der Waals surface area (Å²) in [4.78, 5) is 23.7. The van der Waals surface area contributed by atoms with Crippen LogP contribution in [0.4, 0.5) is 5.69 Å². The minimum Gasteiger partial charge on any atom is -0.326 e. The summed E-state index contributed by atoms with van der Waals surface area (Å²) in [7, 11) is -3.24. The Morgan fingerprint density at radius 2 is 1.71 bits per heavy atom. The van der Waals surface area contributed by atoms with E-state index < -0.39 is 9.84 Å². The normalized spacial score (nSPS) is 11.1. The van der Waals surface area contributed by atoms with Gasteiger partial charge in [-0.25, -0.2) is 8.42 Å². The maximum Gasteiger partial charge on any atom is 0.228 e. The minimum atomic E-state index is -3.24. The molecule has 0 heterocycles. The Labute approximate surface area is 141 Å². The predicted octanol–water partition coefficient (Wildman–Crippen LogP) is 2.86. The Kier molecular flexibility index (Phi) is 5.51. The molecule has 1 amide bonds. The van der Waals surface area contributed by atoms with E-state index in [1.165, 1.54) is 19.1 Å². The van der Waals surface area contributed by atoms with Gasteiger partial charge >= 0.3 is 0 Å². The number of amides is 1. The van der Waals surface area contributed by atoms with Crippen LogP contribution in [0, 0.1) is 0 Å². The van der Waals surface area contributed by atoms with E-state index in [9.17, 15) is 18.0 Å². The summed E-state index contributed by atoms with van der Waals surface area (Å²) in [5, 5.41) is 2.73. The average Bonchev–Trinajstić information content (AvgIpc) is 2.55. The molecule has 0 radical (unpaired) electrons. The molecular weight excluding hydrogens is 326 g/mol. The van der Waals surface area contributed by atoms with Crippen LogP contribution in [0.15, 0.2) is 53.4 Å². The van der Waals surface area contributed by atoms with Gasteiger partial charge in [0.2, 0.25) is 5.91 Å². The van der Waals surface area contributed by atoms with Crippen LogP contribution in [0.5, 0.6) is 0 Å². The van der Waals surface area contributed by atoms with Crippen LogP contribution in [0.1, 0.15) is 29.8 Å². The van der Waals surface area contributed by atoms with Crippen LogP contribution in [-0.4, -0.2) is 25.9 Å².